The van der Waals surface area contributed by atoms with Crippen molar-refractivity contribution >= 4 is 40.3 Å². The monoisotopic (exact) mass is 308 g/mol. The van der Waals surface area contributed by atoms with Crippen LogP contribution in [0.25, 0.3) is 6.08 Å². The van der Waals surface area contributed by atoms with Gasteiger partial charge in [-0.3, -0.25) is 0 Å². The van der Waals surface area contributed by atoms with E-state index in [2.05, 4.69) is 29.2 Å². The number of alkyl halides is 1. The molecule has 0 N–H and O–H groups in total. The van der Waals surface area contributed by atoms with Gasteiger partial charge in [0.1, 0.15) is 12.4 Å². The molecule has 0 aliphatic rings. The lowest BCUT2D eigenvalue weighted by atomic mass is 10.2. The van der Waals surface area contributed by atoms with Crippen molar-refractivity contribution in [2.45, 2.75) is 0 Å². The second-order valence-corrected chi connectivity index (χ2v) is 4.09. The maximum atomic E-state index is 5.52. The van der Waals surface area contributed by atoms with Crippen molar-refractivity contribution < 1.29 is 4.74 Å². The van der Waals surface area contributed by atoms with Gasteiger partial charge in [-0.2, -0.15) is 0 Å². The number of rotatable bonds is 4. The van der Waals surface area contributed by atoms with E-state index in [1.54, 1.807) is 6.08 Å². The molecule has 1 rings (SSSR count). The van der Waals surface area contributed by atoms with Crippen molar-refractivity contribution in [1.82, 2.24) is 0 Å². The van der Waals surface area contributed by atoms with Gasteiger partial charge in [-0.25, -0.2) is 0 Å². The summed E-state index contributed by atoms with van der Waals surface area (Å²) in [7, 11) is 0. The Bertz CT molecular complexity index is 299. The van der Waals surface area contributed by atoms with Gasteiger partial charge in [-0.1, -0.05) is 12.7 Å². The summed E-state index contributed by atoms with van der Waals surface area (Å²) in [5.74, 6) is 1.36. The molecule has 0 saturated carbocycles. The molecule has 0 saturated heterocycles. The van der Waals surface area contributed by atoms with Gasteiger partial charge in [0.2, 0.25) is 0 Å². The van der Waals surface area contributed by atoms with Gasteiger partial charge in [0.05, 0.1) is 5.88 Å². The van der Waals surface area contributed by atoms with Crippen LogP contribution in [0.15, 0.2) is 24.8 Å². The molecule has 0 aliphatic heterocycles. The first kappa shape index (κ1) is 10.9. The number of hydrogen-bond acceptors (Lipinski definition) is 1. The largest absolute Gasteiger partial charge is 0.492 e. The van der Waals surface area contributed by atoms with E-state index in [-0.39, 0.29) is 0 Å². The van der Waals surface area contributed by atoms with Crippen molar-refractivity contribution in [3.63, 3.8) is 0 Å². The first-order chi connectivity index (χ1) is 6.26. The Morgan fingerprint density at radius 1 is 1.46 bits per heavy atom. The Balaban J connectivity index is 2.81. The molecule has 1 aromatic carbocycles. The molecule has 0 amide bonds. The van der Waals surface area contributed by atoms with Crippen molar-refractivity contribution in [1.29, 1.82) is 0 Å². The van der Waals surface area contributed by atoms with E-state index in [4.69, 9.17) is 16.3 Å². The second kappa shape index (κ2) is 5.50. The summed E-state index contributed by atoms with van der Waals surface area (Å²) < 4.78 is 6.53. The molecule has 0 spiro atoms. The fourth-order valence-electron chi connectivity index (χ4n) is 0.942. The van der Waals surface area contributed by atoms with Gasteiger partial charge >= 0.3 is 0 Å². The zero-order chi connectivity index (χ0) is 9.68. The van der Waals surface area contributed by atoms with Gasteiger partial charge in [0.15, 0.2) is 0 Å². The molecular weight excluding hydrogens is 298 g/mol. The molecule has 0 unspecified atom stereocenters. The van der Waals surface area contributed by atoms with Crippen molar-refractivity contribution in [2.75, 3.05) is 12.5 Å². The van der Waals surface area contributed by atoms with Gasteiger partial charge in [0.25, 0.3) is 0 Å². The lowest BCUT2D eigenvalue weighted by Gasteiger charge is -2.05. The van der Waals surface area contributed by atoms with E-state index < -0.39 is 0 Å². The van der Waals surface area contributed by atoms with Gasteiger partial charge in [-0.15, -0.1) is 11.6 Å². The lowest BCUT2D eigenvalue weighted by Crippen LogP contribution is -1.98. The normalized spacial score (nSPS) is 9.69. The van der Waals surface area contributed by atoms with Crippen LogP contribution in [0.2, 0.25) is 0 Å². The zero-order valence-corrected chi connectivity index (χ0v) is 10.0. The van der Waals surface area contributed by atoms with Crippen molar-refractivity contribution in [3.8, 4) is 5.75 Å². The first-order valence-corrected chi connectivity index (χ1v) is 5.49. The highest BCUT2D eigenvalue weighted by Gasteiger charge is 1.97. The van der Waals surface area contributed by atoms with Crippen molar-refractivity contribution in [3.05, 3.63) is 33.9 Å². The Morgan fingerprint density at radius 2 is 2.23 bits per heavy atom. The molecule has 70 valence electrons. The highest BCUT2D eigenvalue weighted by Crippen LogP contribution is 2.19. The first-order valence-electron chi connectivity index (χ1n) is 3.88. The standard InChI is InChI=1S/C10H10ClIO/c1-2-8-5-9(12)7-10(6-8)13-4-3-11/h2,5-7H,1,3-4H2. The SMILES string of the molecule is C=Cc1cc(I)cc(OCCCl)c1. The molecule has 0 bridgehead atoms. The number of halogens is 2. The predicted molar refractivity (Wildman–Crippen MR) is 65.5 cm³/mol. The highest BCUT2D eigenvalue weighted by atomic mass is 127. The Kier molecular flexibility index (Phi) is 4.59. The molecule has 3 heteroatoms. The molecule has 1 aromatic rings. The van der Waals surface area contributed by atoms with E-state index >= 15 is 0 Å². The molecule has 0 aliphatic carbocycles. The third kappa shape index (κ3) is 3.56. The summed E-state index contributed by atoms with van der Waals surface area (Å²) >= 11 is 7.76. The number of benzene rings is 1. The van der Waals surface area contributed by atoms with Crippen LogP contribution in [-0.2, 0) is 0 Å². The van der Waals surface area contributed by atoms with Crippen molar-refractivity contribution in [2.24, 2.45) is 0 Å². The van der Waals surface area contributed by atoms with Crippen LogP contribution in [-0.4, -0.2) is 12.5 Å². The summed E-state index contributed by atoms with van der Waals surface area (Å²) in [4.78, 5) is 0. The van der Waals surface area contributed by atoms with Crippen LogP contribution in [0.3, 0.4) is 0 Å². The van der Waals surface area contributed by atoms with Gasteiger partial charge < -0.3 is 4.74 Å². The Labute approximate surface area is 96.9 Å². The van der Waals surface area contributed by atoms with Crippen LogP contribution in [0.4, 0.5) is 0 Å². The summed E-state index contributed by atoms with van der Waals surface area (Å²) in [6.45, 7) is 4.25. The second-order valence-electron chi connectivity index (χ2n) is 2.46. The Morgan fingerprint density at radius 3 is 2.85 bits per heavy atom. The third-order valence-corrected chi connectivity index (χ3v) is 2.25. The summed E-state index contributed by atoms with van der Waals surface area (Å²) in [5, 5.41) is 0. The van der Waals surface area contributed by atoms with E-state index in [0.29, 0.717) is 12.5 Å². The summed E-state index contributed by atoms with van der Waals surface area (Å²) in [5.41, 5.74) is 1.07. The molecule has 0 heterocycles. The number of hydrogen-bond donors (Lipinski definition) is 0. The average molecular weight is 309 g/mol. The smallest absolute Gasteiger partial charge is 0.121 e. The van der Waals surface area contributed by atoms with E-state index in [1.165, 1.54) is 0 Å². The van der Waals surface area contributed by atoms with E-state index in [0.717, 1.165) is 14.9 Å². The lowest BCUT2D eigenvalue weighted by molar-refractivity contribution is 0.342. The highest BCUT2D eigenvalue weighted by molar-refractivity contribution is 14.1. The fraction of sp³-hybridized carbons (Fsp3) is 0.200. The topological polar surface area (TPSA) is 9.23 Å². The minimum Gasteiger partial charge on any atom is -0.492 e. The minimum absolute atomic E-state index is 0.509. The molecule has 0 radical (unpaired) electrons. The maximum absolute atomic E-state index is 5.52. The van der Waals surface area contributed by atoms with Crippen LogP contribution in [0.5, 0.6) is 5.75 Å². The molecule has 0 fully saturated rings. The Hall–Kier alpha value is -0.220. The van der Waals surface area contributed by atoms with Crippen LogP contribution < -0.4 is 4.74 Å². The van der Waals surface area contributed by atoms with E-state index in [1.807, 2.05) is 18.2 Å². The van der Waals surface area contributed by atoms with Crippen LogP contribution >= 0.6 is 34.2 Å². The van der Waals surface area contributed by atoms with Gasteiger partial charge in [-0.05, 0) is 46.4 Å². The van der Waals surface area contributed by atoms with Crippen LogP contribution in [0, 0.1) is 3.57 Å². The third-order valence-electron chi connectivity index (χ3n) is 1.48. The molecule has 0 aromatic heterocycles. The summed E-state index contributed by atoms with van der Waals surface area (Å²) in [6, 6.07) is 5.96. The fourth-order valence-corrected chi connectivity index (χ4v) is 1.69. The number of ether oxygens (including phenoxy) is 1. The van der Waals surface area contributed by atoms with E-state index in [9.17, 15) is 0 Å². The summed E-state index contributed by atoms with van der Waals surface area (Å²) in [6.07, 6.45) is 1.80. The molecular formula is C10H10ClIO. The molecule has 13 heavy (non-hydrogen) atoms. The quantitative estimate of drug-likeness (QED) is 0.610. The molecule has 1 nitrogen and oxygen atoms in total. The maximum Gasteiger partial charge on any atom is 0.121 e. The minimum atomic E-state index is 0.509. The van der Waals surface area contributed by atoms with Gasteiger partial charge in [0, 0.05) is 3.57 Å². The molecule has 0 atom stereocenters. The zero-order valence-electron chi connectivity index (χ0n) is 7.09. The van der Waals surface area contributed by atoms with Crippen LogP contribution in [0.1, 0.15) is 5.56 Å². The average Bonchev–Trinajstić information content (AvgIpc) is 2.14. The predicted octanol–water partition coefficient (Wildman–Crippen LogP) is 3.55.